The van der Waals surface area contributed by atoms with Crippen molar-refractivity contribution in [2.24, 2.45) is 0 Å². The summed E-state index contributed by atoms with van der Waals surface area (Å²) < 4.78 is 0. The van der Waals surface area contributed by atoms with Gasteiger partial charge < -0.3 is 10.6 Å². The summed E-state index contributed by atoms with van der Waals surface area (Å²) in [6, 6.07) is 7.10. The van der Waals surface area contributed by atoms with Crippen LogP contribution in [-0.2, 0) is 9.59 Å². The first-order valence-electron chi connectivity index (χ1n) is 7.01. The summed E-state index contributed by atoms with van der Waals surface area (Å²) in [5.74, 6) is -0.190. The largest absolute Gasteiger partial charge is 0.355 e. The van der Waals surface area contributed by atoms with Crippen molar-refractivity contribution in [3.05, 3.63) is 30.6 Å². The van der Waals surface area contributed by atoms with Crippen LogP contribution in [0.5, 0.6) is 0 Å². The van der Waals surface area contributed by atoms with Crippen molar-refractivity contribution in [2.75, 3.05) is 12.3 Å². The van der Waals surface area contributed by atoms with E-state index in [4.69, 9.17) is 0 Å². The number of nitrogens with zero attached hydrogens (tertiary/aromatic N) is 2. The molecule has 2 rings (SSSR count). The standard InChI is InChI=1S/C15H18N4O2S/c1-3-16-14(21)10(2)19-13(20)8-22-15-11-6-4-5-7-12(11)17-9-18-15/h4-7,9-10H,3,8H2,1-2H3,(H,16,21)(H,19,20)/t10-/m1/s1. The molecule has 22 heavy (non-hydrogen) atoms. The second-order valence-electron chi connectivity index (χ2n) is 4.67. The van der Waals surface area contributed by atoms with Gasteiger partial charge >= 0.3 is 0 Å². The van der Waals surface area contributed by atoms with Crippen LogP contribution in [0.3, 0.4) is 0 Å². The van der Waals surface area contributed by atoms with E-state index in [0.717, 1.165) is 15.9 Å². The van der Waals surface area contributed by atoms with Crippen LogP contribution in [0.1, 0.15) is 13.8 Å². The van der Waals surface area contributed by atoms with Crippen molar-refractivity contribution in [2.45, 2.75) is 24.9 Å². The van der Waals surface area contributed by atoms with Crippen LogP contribution in [0.25, 0.3) is 10.9 Å². The zero-order valence-electron chi connectivity index (χ0n) is 12.5. The number of nitrogens with one attached hydrogen (secondary N) is 2. The number of fused-ring (bicyclic) bond motifs is 1. The Balaban J connectivity index is 1.94. The number of thioether (sulfide) groups is 1. The van der Waals surface area contributed by atoms with Gasteiger partial charge in [-0.3, -0.25) is 9.59 Å². The maximum Gasteiger partial charge on any atom is 0.242 e. The molecule has 0 fully saturated rings. The third kappa shape index (κ3) is 4.17. The van der Waals surface area contributed by atoms with Crippen LogP contribution in [0.4, 0.5) is 0 Å². The summed E-state index contributed by atoms with van der Waals surface area (Å²) in [6.07, 6.45) is 1.49. The fraction of sp³-hybridized carbons (Fsp3) is 0.333. The Morgan fingerprint density at radius 3 is 2.82 bits per heavy atom. The molecule has 0 aliphatic carbocycles. The first kappa shape index (κ1) is 16.2. The van der Waals surface area contributed by atoms with Gasteiger partial charge in [-0.2, -0.15) is 0 Å². The molecule has 1 aromatic carbocycles. The average molecular weight is 318 g/mol. The molecule has 0 aliphatic rings. The molecule has 2 N–H and O–H groups in total. The van der Waals surface area contributed by atoms with E-state index in [9.17, 15) is 9.59 Å². The van der Waals surface area contributed by atoms with Gasteiger partial charge in [-0.1, -0.05) is 30.0 Å². The fourth-order valence-corrected chi connectivity index (χ4v) is 2.71. The molecule has 116 valence electrons. The van der Waals surface area contributed by atoms with Crippen LogP contribution in [0.15, 0.2) is 35.6 Å². The molecule has 1 heterocycles. The number of amides is 2. The number of aromatic nitrogens is 2. The highest BCUT2D eigenvalue weighted by atomic mass is 32.2. The van der Waals surface area contributed by atoms with Gasteiger partial charge in [0.05, 0.1) is 11.3 Å². The van der Waals surface area contributed by atoms with E-state index in [1.54, 1.807) is 6.92 Å². The molecule has 0 aliphatic heterocycles. The Morgan fingerprint density at radius 1 is 1.27 bits per heavy atom. The Kier molecular flexibility index (Phi) is 5.71. The summed E-state index contributed by atoms with van der Waals surface area (Å²) in [7, 11) is 0. The van der Waals surface area contributed by atoms with E-state index in [-0.39, 0.29) is 17.6 Å². The number of rotatable bonds is 6. The summed E-state index contributed by atoms with van der Waals surface area (Å²) in [6.45, 7) is 4.04. The molecule has 0 radical (unpaired) electrons. The monoisotopic (exact) mass is 318 g/mol. The minimum atomic E-state index is -0.546. The van der Waals surface area contributed by atoms with Crippen LogP contribution in [-0.4, -0.2) is 40.1 Å². The molecule has 0 bridgehead atoms. The van der Waals surface area contributed by atoms with E-state index in [1.165, 1.54) is 18.1 Å². The highest BCUT2D eigenvalue weighted by molar-refractivity contribution is 8.00. The smallest absolute Gasteiger partial charge is 0.242 e. The number of hydrogen-bond acceptors (Lipinski definition) is 5. The lowest BCUT2D eigenvalue weighted by Gasteiger charge is -2.13. The van der Waals surface area contributed by atoms with Crippen LogP contribution >= 0.6 is 11.8 Å². The highest BCUT2D eigenvalue weighted by Gasteiger charge is 2.15. The summed E-state index contributed by atoms with van der Waals surface area (Å²) in [5, 5.41) is 7.01. The lowest BCUT2D eigenvalue weighted by atomic mass is 10.2. The van der Waals surface area contributed by atoms with Gasteiger partial charge in [-0.05, 0) is 19.9 Å². The maximum atomic E-state index is 11.9. The predicted molar refractivity (Wildman–Crippen MR) is 86.6 cm³/mol. The van der Waals surface area contributed by atoms with Crippen molar-refractivity contribution < 1.29 is 9.59 Å². The molecule has 2 aromatic rings. The van der Waals surface area contributed by atoms with E-state index in [1.807, 2.05) is 31.2 Å². The third-order valence-electron chi connectivity index (χ3n) is 2.97. The minimum absolute atomic E-state index is 0.187. The summed E-state index contributed by atoms with van der Waals surface area (Å²) in [4.78, 5) is 31.9. The SMILES string of the molecule is CCNC(=O)[C@@H](C)NC(=O)CSc1ncnc2ccccc12. The minimum Gasteiger partial charge on any atom is -0.355 e. The van der Waals surface area contributed by atoms with Crippen molar-refractivity contribution in [1.82, 2.24) is 20.6 Å². The van der Waals surface area contributed by atoms with E-state index < -0.39 is 6.04 Å². The second-order valence-corrected chi connectivity index (χ2v) is 5.63. The van der Waals surface area contributed by atoms with Crippen molar-refractivity contribution in [3.8, 4) is 0 Å². The van der Waals surface area contributed by atoms with E-state index >= 15 is 0 Å². The van der Waals surface area contributed by atoms with Crippen LogP contribution < -0.4 is 10.6 Å². The molecule has 7 heteroatoms. The van der Waals surface area contributed by atoms with E-state index in [2.05, 4.69) is 20.6 Å². The molecular formula is C15H18N4O2S. The first-order chi connectivity index (χ1) is 10.6. The average Bonchev–Trinajstić information content (AvgIpc) is 2.53. The van der Waals surface area contributed by atoms with Gasteiger partial charge in [0, 0.05) is 11.9 Å². The first-order valence-corrected chi connectivity index (χ1v) is 8.00. The van der Waals surface area contributed by atoms with Gasteiger partial charge in [-0.15, -0.1) is 0 Å². The zero-order valence-corrected chi connectivity index (χ0v) is 13.3. The molecular weight excluding hydrogens is 300 g/mol. The highest BCUT2D eigenvalue weighted by Crippen LogP contribution is 2.23. The van der Waals surface area contributed by atoms with Gasteiger partial charge in [0.15, 0.2) is 0 Å². The third-order valence-corrected chi connectivity index (χ3v) is 3.97. The topological polar surface area (TPSA) is 84.0 Å². The molecule has 0 saturated carbocycles. The molecule has 6 nitrogen and oxygen atoms in total. The Labute approximate surface area is 133 Å². The molecule has 0 unspecified atom stereocenters. The number of benzene rings is 1. The van der Waals surface area contributed by atoms with Crippen molar-refractivity contribution >= 4 is 34.5 Å². The normalized spacial score (nSPS) is 11.9. The van der Waals surface area contributed by atoms with Crippen LogP contribution in [0.2, 0.25) is 0 Å². The predicted octanol–water partition coefficient (Wildman–Crippen LogP) is 1.36. The Morgan fingerprint density at radius 2 is 2.05 bits per heavy atom. The second kappa shape index (κ2) is 7.74. The molecule has 1 atom stereocenters. The molecule has 2 amide bonds. The van der Waals surface area contributed by atoms with Crippen LogP contribution in [0, 0.1) is 0 Å². The number of likely N-dealkylation sites (N-methyl/N-ethyl adjacent to an activating group) is 1. The zero-order chi connectivity index (χ0) is 15.9. The van der Waals surface area contributed by atoms with Gasteiger partial charge in [-0.25, -0.2) is 9.97 Å². The maximum absolute atomic E-state index is 11.9. The van der Waals surface area contributed by atoms with Crippen molar-refractivity contribution in [1.29, 1.82) is 0 Å². The Bertz CT molecular complexity index is 672. The van der Waals surface area contributed by atoms with Gasteiger partial charge in [0.2, 0.25) is 11.8 Å². The van der Waals surface area contributed by atoms with E-state index in [0.29, 0.717) is 6.54 Å². The molecule has 1 aromatic heterocycles. The number of hydrogen-bond donors (Lipinski definition) is 2. The van der Waals surface area contributed by atoms with Gasteiger partial charge in [0.25, 0.3) is 0 Å². The van der Waals surface area contributed by atoms with Crippen molar-refractivity contribution in [3.63, 3.8) is 0 Å². The Hall–Kier alpha value is -2.15. The number of carbonyl (C=O) groups is 2. The quantitative estimate of drug-likeness (QED) is 0.621. The molecule has 0 spiro atoms. The van der Waals surface area contributed by atoms with Gasteiger partial charge in [0.1, 0.15) is 17.4 Å². The lowest BCUT2D eigenvalue weighted by Crippen LogP contribution is -2.45. The lowest BCUT2D eigenvalue weighted by molar-refractivity contribution is -0.127. The summed E-state index contributed by atoms with van der Waals surface area (Å²) >= 11 is 1.33. The number of carbonyl (C=O) groups excluding carboxylic acids is 2. The number of para-hydroxylation sites is 1. The fourth-order valence-electron chi connectivity index (χ4n) is 1.91. The summed E-state index contributed by atoms with van der Waals surface area (Å²) in [5.41, 5.74) is 0.844. The molecule has 0 saturated heterocycles.